The minimum Gasteiger partial charge on any atom is -0.493 e. The van der Waals surface area contributed by atoms with Crippen molar-refractivity contribution in [1.29, 1.82) is 0 Å². The van der Waals surface area contributed by atoms with Crippen molar-refractivity contribution in [3.63, 3.8) is 0 Å². The number of nitrogens with zero attached hydrogens (tertiary/aromatic N) is 3. The first-order chi connectivity index (χ1) is 8.22. The fourth-order valence-electron chi connectivity index (χ4n) is 1.94. The average molecular weight is 236 g/mol. The van der Waals surface area contributed by atoms with Gasteiger partial charge in [0.2, 0.25) is 0 Å². The number of hydrogen-bond donors (Lipinski definition) is 1. The van der Waals surface area contributed by atoms with Gasteiger partial charge in [-0.05, 0) is 0 Å². The van der Waals surface area contributed by atoms with E-state index in [-0.39, 0.29) is 0 Å². The molecule has 1 fully saturated rings. The Kier molecular flexibility index (Phi) is 3.68. The van der Waals surface area contributed by atoms with Crippen molar-refractivity contribution in [2.75, 3.05) is 57.2 Å². The lowest BCUT2D eigenvalue weighted by Crippen LogP contribution is -2.44. The van der Waals surface area contributed by atoms with Crippen LogP contribution in [0, 0.1) is 0 Å². The molecule has 0 amide bonds. The second-order valence-electron chi connectivity index (χ2n) is 4.35. The molecule has 0 saturated carbocycles. The van der Waals surface area contributed by atoms with E-state index in [4.69, 9.17) is 4.74 Å². The fourth-order valence-corrected chi connectivity index (χ4v) is 1.94. The highest BCUT2D eigenvalue weighted by Gasteiger charge is 2.16. The van der Waals surface area contributed by atoms with Crippen molar-refractivity contribution < 1.29 is 4.74 Å². The summed E-state index contributed by atoms with van der Waals surface area (Å²) in [5.41, 5.74) is 1.06. The molecule has 0 atom stereocenters. The quantitative estimate of drug-likeness (QED) is 0.830. The summed E-state index contributed by atoms with van der Waals surface area (Å²) < 4.78 is 5.44. The van der Waals surface area contributed by atoms with E-state index >= 15 is 0 Å². The van der Waals surface area contributed by atoms with Crippen LogP contribution in [0.1, 0.15) is 0 Å². The highest BCUT2D eigenvalue weighted by molar-refractivity contribution is 5.60. The fraction of sp³-hybridized carbons (Fsp3) is 0.583. The van der Waals surface area contributed by atoms with Crippen LogP contribution in [0.25, 0.3) is 0 Å². The van der Waals surface area contributed by atoms with Crippen LogP contribution < -0.4 is 19.9 Å². The topological polar surface area (TPSA) is 40.6 Å². The minimum atomic E-state index is 0.845. The summed E-state index contributed by atoms with van der Waals surface area (Å²) in [7, 11) is 5.70. The minimum absolute atomic E-state index is 0.845. The summed E-state index contributed by atoms with van der Waals surface area (Å²) in [6, 6.07) is 2.03. The largest absolute Gasteiger partial charge is 0.493 e. The van der Waals surface area contributed by atoms with Crippen molar-refractivity contribution in [1.82, 2.24) is 10.3 Å². The van der Waals surface area contributed by atoms with Gasteiger partial charge in [0.25, 0.3) is 0 Å². The van der Waals surface area contributed by atoms with E-state index in [0.717, 1.165) is 43.4 Å². The summed E-state index contributed by atoms with van der Waals surface area (Å²) in [4.78, 5) is 8.81. The highest BCUT2D eigenvalue weighted by Crippen LogP contribution is 2.29. The van der Waals surface area contributed by atoms with Crippen molar-refractivity contribution in [3.05, 3.63) is 12.3 Å². The van der Waals surface area contributed by atoms with E-state index in [0.29, 0.717) is 0 Å². The molecule has 94 valence electrons. The van der Waals surface area contributed by atoms with Gasteiger partial charge in [0.1, 0.15) is 0 Å². The summed E-state index contributed by atoms with van der Waals surface area (Å²) in [5.74, 6) is 1.79. The SMILES string of the molecule is COc1cc(N(C)C)cnc1N1CCNCC1. The lowest BCUT2D eigenvalue weighted by molar-refractivity contribution is 0.411. The van der Waals surface area contributed by atoms with Gasteiger partial charge < -0.3 is 19.9 Å². The van der Waals surface area contributed by atoms with E-state index in [1.54, 1.807) is 7.11 Å². The predicted molar refractivity (Wildman–Crippen MR) is 70.2 cm³/mol. The number of hydrogen-bond acceptors (Lipinski definition) is 5. The molecule has 0 aromatic carbocycles. The average Bonchev–Trinajstić information content (AvgIpc) is 2.39. The molecule has 1 aliphatic heterocycles. The molecule has 1 aromatic heterocycles. The zero-order valence-corrected chi connectivity index (χ0v) is 10.7. The molecular weight excluding hydrogens is 216 g/mol. The smallest absolute Gasteiger partial charge is 0.171 e. The third kappa shape index (κ3) is 2.61. The normalized spacial score (nSPS) is 15.8. The van der Waals surface area contributed by atoms with Gasteiger partial charge in [-0.1, -0.05) is 0 Å². The van der Waals surface area contributed by atoms with Crippen LogP contribution in [0.2, 0.25) is 0 Å². The van der Waals surface area contributed by atoms with Gasteiger partial charge >= 0.3 is 0 Å². The van der Waals surface area contributed by atoms with Crippen LogP contribution in [0.4, 0.5) is 11.5 Å². The Morgan fingerprint density at radius 1 is 1.35 bits per heavy atom. The van der Waals surface area contributed by atoms with Gasteiger partial charge in [0.15, 0.2) is 11.6 Å². The Morgan fingerprint density at radius 2 is 2.06 bits per heavy atom. The third-order valence-electron chi connectivity index (χ3n) is 2.97. The van der Waals surface area contributed by atoms with E-state index in [1.165, 1.54) is 0 Å². The molecule has 0 unspecified atom stereocenters. The Balaban J connectivity index is 2.26. The molecule has 1 aliphatic rings. The molecule has 2 rings (SSSR count). The molecule has 1 N–H and O–H groups in total. The predicted octanol–water partition coefficient (Wildman–Crippen LogP) is 0.566. The molecule has 5 heteroatoms. The number of piperazine rings is 1. The molecule has 0 aliphatic carbocycles. The summed E-state index contributed by atoms with van der Waals surface area (Å²) in [5, 5.41) is 3.33. The van der Waals surface area contributed by atoms with Crippen LogP contribution in [0.5, 0.6) is 5.75 Å². The van der Waals surface area contributed by atoms with E-state index in [1.807, 2.05) is 31.3 Å². The number of methoxy groups -OCH3 is 1. The molecule has 1 saturated heterocycles. The Labute approximate surface area is 102 Å². The molecular formula is C12H20N4O. The van der Waals surface area contributed by atoms with Crippen LogP contribution in [0.15, 0.2) is 12.3 Å². The maximum absolute atomic E-state index is 5.44. The van der Waals surface area contributed by atoms with Gasteiger partial charge in [-0.2, -0.15) is 0 Å². The summed E-state index contributed by atoms with van der Waals surface area (Å²) in [6.07, 6.45) is 1.89. The van der Waals surface area contributed by atoms with Gasteiger partial charge in [-0.15, -0.1) is 0 Å². The number of rotatable bonds is 3. The first-order valence-electron chi connectivity index (χ1n) is 5.89. The van der Waals surface area contributed by atoms with E-state index in [9.17, 15) is 0 Å². The molecule has 2 heterocycles. The molecule has 5 nitrogen and oxygen atoms in total. The van der Waals surface area contributed by atoms with Gasteiger partial charge in [0, 0.05) is 46.3 Å². The second-order valence-corrected chi connectivity index (χ2v) is 4.35. The molecule has 17 heavy (non-hydrogen) atoms. The Morgan fingerprint density at radius 3 is 2.65 bits per heavy atom. The van der Waals surface area contributed by atoms with Crippen molar-refractivity contribution in [2.24, 2.45) is 0 Å². The molecule has 0 spiro atoms. The highest BCUT2D eigenvalue weighted by atomic mass is 16.5. The number of anilines is 2. The number of pyridine rings is 1. The Bertz CT molecular complexity index is 375. The third-order valence-corrected chi connectivity index (χ3v) is 2.97. The number of ether oxygens (including phenoxy) is 1. The molecule has 0 radical (unpaired) electrons. The number of nitrogens with one attached hydrogen (secondary N) is 1. The van der Waals surface area contributed by atoms with Crippen LogP contribution in [-0.4, -0.2) is 52.4 Å². The van der Waals surface area contributed by atoms with Crippen LogP contribution in [-0.2, 0) is 0 Å². The maximum Gasteiger partial charge on any atom is 0.171 e. The molecule has 0 bridgehead atoms. The standard InChI is InChI=1S/C12H20N4O/c1-15(2)10-8-11(17-3)12(14-9-10)16-6-4-13-5-7-16/h8-9,13H,4-7H2,1-3H3. The second kappa shape index (κ2) is 5.23. The lowest BCUT2D eigenvalue weighted by atomic mass is 10.3. The summed E-state index contributed by atoms with van der Waals surface area (Å²) >= 11 is 0. The first kappa shape index (κ1) is 12.0. The van der Waals surface area contributed by atoms with Crippen molar-refractivity contribution in [3.8, 4) is 5.75 Å². The van der Waals surface area contributed by atoms with Crippen LogP contribution >= 0.6 is 0 Å². The zero-order chi connectivity index (χ0) is 12.3. The zero-order valence-electron chi connectivity index (χ0n) is 10.7. The van der Waals surface area contributed by atoms with Crippen molar-refractivity contribution >= 4 is 11.5 Å². The van der Waals surface area contributed by atoms with E-state index < -0.39 is 0 Å². The Hall–Kier alpha value is -1.49. The first-order valence-corrected chi connectivity index (χ1v) is 5.89. The monoisotopic (exact) mass is 236 g/mol. The maximum atomic E-state index is 5.44. The van der Waals surface area contributed by atoms with Gasteiger partial charge in [0.05, 0.1) is 19.0 Å². The van der Waals surface area contributed by atoms with E-state index in [2.05, 4.69) is 15.2 Å². The van der Waals surface area contributed by atoms with Crippen molar-refractivity contribution in [2.45, 2.75) is 0 Å². The van der Waals surface area contributed by atoms with Crippen LogP contribution in [0.3, 0.4) is 0 Å². The lowest BCUT2D eigenvalue weighted by Gasteiger charge is -2.29. The number of aromatic nitrogens is 1. The summed E-state index contributed by atoms with van der Waals surface area (Å²) in [6.45, 7) is 3.95. The van der Waals surface area contributed by atoms with Gasteiger partial charge in [-0.25, -0.2) is 4.98 Å². The molecule has 1 aromatic rings. The van der Waals surface area contributed by atoms with Gasteiger partial charge in [-0.3, -0.25) is 0 Å².